The van der Waals surface area contributed by atoms with E-state index in [-0.39, 0.29) is 11.9 Å². The normalized spacial score (nSPS) is 17.3. The predicted molar refractivity (Wildman–Crippen MR) is 84.1 cm³/mol. The molecular formula is C17H16ClNO2. The number of rotatable bonds is 1. The smallest absolute Gasteiger partial charge is 0.170 e. The third kappa shape index (κ3) is 2.38. The Morgan fingerprint density at radius 2 is 1.86 bits per heavy atom. The number of anilines is 1. The molecule has 1 unspecified atom stereocenters. The maximum absolute atomic E-state index is 12.4. The molecule has 4 heteroatoms. The van der Waals surface area contributed by atoms with Crippen molar-refractivity contribution in [3.8, 4) is 5.75 Å². The van der Waals surface area contributed by atoms with Crippen molar-refractivity contribution in [2.24, 2.45) is 0 Å². The van der Waals surface area contributed by atoms with Crippen LogP contribution in [-0.2, 0) is 0 Å². The van der Waals surface area contributed by atoms with Crippen LogP contribution in [0.3, 0.4) is 0 Å². The topological polar surface area (TPSA) is 52.3 Å². The number of halogens is 1. The lowest BCUT2D eigenvalue weighted by Gasteiger charge is -2.28. The maximum atomic E-state index is 12.4. The van der Waals surface area contributed by atoms with E-state index < -0.39 is 0 Å². The number of hydrogen-bond donors (Lipinski definition) is 1. The van der Waals surface area contributed by atoms with Crippen LogP contribution in [0.15, 0.2) is 30.3 Å². The summed E-state index contributed by atoms with van der Waals surface area (Å²) in [5, 5.41) is 0.668. The number of hydrogen-bond acceptors (Lipinski definition) is 3. The molecular weight excluding hydrogens is 286 g/mol. The minimum absolute atomic E-state index is 0.0611. The highest BCUT2D eigenvalue weighted by molar-refractivity contribution is 6.30. The molecule has 0 spiro atoms. The van der Waals surface area contributed by atoms with Gasteiger partial charge in [-0.25, -0.2) is 0 Å². The minimum Gasteiger partial charge on any atom is -0.484 e. The van der Waals surface area contributed by atoms with Gasteiger partial charge in [0.15, 0.2) is 5.78 Å². The Morgan fingerprint density at radius 1 is 1.19 bits per heavy atom. The molecule has 108 valence electrons. The molecule has 1 atom stereocenters. The van der Waals surface area contributed by atoms with Crippen LogP contribution < -0.4 is 10.5 Å². The molecule has 0 amide bonds. The number of nitrogens with two attached hydrogens (primary N) is 1. The number of benzene rings is 2. The maximum Gasteiger partial charge on any atom is 0.170 e. The summed E-state index contributed by atoms with van der Waals surface area (Å²) in [5.41, 5.74) is 10.00. The van der Waals surface area contributed by atoms with Crippen LogP contribution in [-0.4, -0.2) is 5.78 Å². The van der Waals surface area contributed by atoms with E-state index in [1.807, 2.05) is 26.0 Å². The van der Waals surface area contributed by atoms with Crippen molar-refractivity contribution in [1.82, 2.24) is 0 Å². The Balaban J connectivity index is 2.04. The van der Waals surface area contributed by atoms with Crippen LogP contribution in [0.5, 0.6) is 5.75 Å². The van der Waals surface area contributed by atoms with Crippen LogP contribution in [0.25, 0.3) is 0 Å². The SMILES string of the molecule is Cc1c(N)cc2c(c1C)OC(c1ccc(Cl)cc1)CC2=O. The molecule has 0 fully saturated rings. The lowest BCUT2D eigenvalue weighted by Crippen LogP contribution is -2.21. The molecule has 0 aliphatic carbocycles. The van der Waals surface area contributed by atoms with Gasteiger partial charge in [-0.15, -0.1) is 0 Å². The molecule has 0 radical (unpaired) electrons. The molecule has 3 rings (SSSR count). The second kappa shape index (κ2) is 5.08. The van der Waals surface area contributed by atoms with E-state index in [9.17, 15) is 4.79 Å². The summed E-state index contributed by atoms with van der Waals surface area (Å²) in [6.45, 7) is 3.87. The van der Waals surface area contributed by atoms with E-state index in [2.05, 4.69) is 0 Å². The molecule has 2 aromatic rings. The Morgan fingerprint density at radius 3 is 2.52 bits per heavy atom. The second-order valence-electron chi connectivity index (χ2n) is 5.38. The number of ketones is 1. The van der Waals surface area contributed by atoms with Crippen molar-refractivity contribution in [3.05, 3.63) is 57.6 Å². The summed E-state index contributed by atoms with van der Waals surface area (Å²) in [6, 6.07) is 9.12. The molecule has 0 saturated carbocycles. The van der Waals surface area contributed by atoms with Crippen molar-refractivity contribution >= 4 is 23.1 Å². The van der Waals surface area contributed by atoms with E-state index in [0.717, 1.165) is 16.7 Å². The fraction of sp³-hybridized carbons (Fsp3) is 0.235. The molecule has 2 aromatic carbocycles. The number of Topliss-reactive ketones (excluding diaryl/α,β-unsaturated/α-hetero) is 1. The van der Waals surface area contributed by atoms with E-state index >= 15 is 0 Å². The summed E-state index contributed by atoms with van der Waals surface area (Å²) < 4.78 is 6.08. The average molecular weight is 302 g/mol. The van der Waals surface area contributed by atoms with E-state index in [1.165, 1.54) is 0 Å². The summed E-state index contributed by atoms with van der Waals surface area (Å²) in [5.74, 6) is 0.712. The number of nitrogen functional groups attached to an aromatic ring is 1. The van der Waals surface area contributed by atoms with Crippen molar-refractivity contribution in [2.45, 2.75) is 26.4 Å². The predicted octanol–water partition coefficient (Wildman–Crippen LogP) is 4.25. The highest BCUT2D eigenvalue weighted by atomic mass is 35.5. The molecule has 0 saturated heterocycles. The van der Waals surface area contributed by atoms with Gasteiger partial charge in [-0.05, 0) is 48.7 Å². The van der Waals surface area contributed by atoms with Gasteiger partial charge in [0, 0.05) is 10.7 Å². The zero-order valence-corrected chi connectivity index (χ0v) is 12.7. The van der Waals surface area contributed by atoms with Crippen LogP contribution in [0.1, 0.15) is 39.6 Å². The minimum atomic E-state index is -0.274. The molecule has 0 bridgehead atoms. The number of fused-ring (bicyclic) bond motifs is 1. The molecule has 0 aromatic heterocycles. The largest absolute Gasteiger partial charge is 0.484 e. The summed E-state index contributed by atoms with van der Waals surface area (Å²) in [7, 11) is 0. The van der Waals surface area contributed by atoms with E-state index in [1.54, 1.807) is 18.2 Å². The van der Waals surface area contributed by atoms with Crippen LogP contribution in [0.4, 0.5) is 5.69 Å². The lowest BCUT2D eigenvalue weighted by molar-refractivity contribution is 0.0848. The first-order valence-corrected chi connectivity index (χ1v) is 7.20. The Bertz CT molecular complexity index is 723. The fourth-order valence-electron chi connectivity index (χ4n) is 2.60. The first kappa shape index (κ1) is 14.0. The third-order valence-corrected chi connectivity index (χ3v) is 4.31. The van der Waals surface area contributed by atoms with Gasteiger partial charge in [-0.2, -0.15) is 0 Å². The number of carbonyl (C=O) groups is 1. The lowest BCUT2D eigenvalue weighted by atomic mass is 9.92. The van der Waals surface area contributed by atoms with Crippen molar-refractivity contribution in [1.29, 1.82) is 0 Å². The van der Waals surface area contributed by atoms with Gasteiger partial charge in [-0.1, -0.05) is 23.7 Å². The molecule has 2 N–H and O–H groups in total. The first-order valence-electron chi connectivity index (χ1n) is 6.82. The van der Waals surface area contributed by atoms with E-state index in [4.69, 9.17) is 22.1 Å². The zero-order chi connectivity index (χ0) is 15.1. The monoisotopic (exact) mass is 301 g/mol. The average Bonchev–Trinajstić information content (AvgIpc) is 2.47. The molecule has 1 aliphatic rings. The Hall–Kier alpha value is -2.00. The van der Waals surface area contributed by atoms with Gasteiger partial charge >= 0.3 is 0 Å². The van der Waals surface area contributed by atoms with Crippen LogP contribution in [0.2, 0.25) is 5.02 Å². The molecule has 3 nitrogen and oxygen atoms in total. The standard InChI is InChI=1S/C17H16ClNO2/c1-9-10(2)17-13(7-14(9)19)15(20)8-16(21-17)11-3-5-12(18)6-4-11/h3-7,16H,8,19H2,1-2H3. The zero-order valence-electron chi connectivity index (χ0n) is 11.9. The second-order valence-corrected chi connectivity index (χ2v) is 5.81. The number of ether oxygens (including phenoxy) is 1. The van der Waals surface area contributed by atoms with Gasteiger partial charge in [0.2, 0.25) is 0 Å². The van der Waals surface area contributed by atoms with Crippen molar-refractivity contribution in [2.75, 3.05) is 5.73 Å². The van der Waals surface area contributed by atoms with E-state index in [0.29, 0.717) is 28.4 Å². The quantitative estimate of drug-likeness (QED) is 0.801. The Labute approximate surface area is 128 Å². The highest BCUT2D eigenvalue weighted by Gasteiger charge is 2.30. The van der Waals surface area contributed by atoms with Gasteiger partial charge in [-0.3, -0.25) is 4.79 Å². The van der Waals surface area contributed by atoms with Crippen molar-refractivity contribution in [3.63, 3.8) is 0 Å². The summed E-state index contributed by atoms with van der Waals surface area (Å²) in [4.78, 5) is 12.4. The third-order valence-electron chi connectivity index (χ3n) is 4.05. The van der Waals surface area contributed by atoms with Gasteiger partial charge < -0.3 is 10.5 Å². The molecule has 1 aliphatic heterocycles. The fourth-order valence-corrected chi connectivity index (χ4v) is 2.73. The summed E-state index contributed by atoms with van der Waals surface area (Å²) in [6.07, 6.45) is 0.0420. The molecule has 1 heterocycles. The van der Waals surface area contributed by atoms with Gasteiger partial charge in [0.25, 0.3) is 0 Å². The highest BCUT2D eigenvalue weighted by Crippen LogP contribution is 2.40. The summed E-state index contributed by atoms with van der Waals surface area (Å²) >= 11 is 5.90. The first-order chi connectivity index (χ1) is 9.97. The Kier molecular flexibility index (Phi) is 3.38. The van der Waals surface area contributed by atoms with Crippen molar-refractivity contribution < 1.29 is 9.53 Å². The number of carbonyl (C=O) groups excluding carboxylic acids is 1. The van der Waals surface area contributed by atoms with Gasteiger partial charge in [0.1, 0.15) is 11.9 Å². The molecule has 21 heavy (non-hydrogen) atoms. The van der Waals surface area contributed by atoms with Gasteiger partial charge in [0.05, 0.1) is 12.0 Å². The van der Waals surface area contributed by atoms with Crippen LogP contribution in [0, 0.1) is 13.8 Å². The van der Waals surface area contributed by atoms with Crippen LogP contribution >= 0.6 is 11.6 Å².